The highest BCUT2D eigenvalue weighted by Crippen LogP contribution is 2.38. The fraction of sp³-hybridized carbons (Fsp3) is 0.318. The maximum Gasteiger partial charge on any atom is 0.220 e. The molecule has 3 aromatic carbocycles. The summed E-state index contributed by atoms with van der Waals surface area (Å²) in [7, 11) is 4.96. The Labute approximate surface area is 158 Å². The van der Waals surface area contributed by atoms with Crippen LogP contribution in [0.1, 0.15) is 18.4 Å². The number of nitrogens with one attached hydrogen (secondary N) is 1. The fourth-order valence-electron chi connectivity index (χ4n) is 3.93. The molecule has 5 nitrogen and oxygen atoms in total. The second-order valence-corrected chi connectivity index (χ2v) is 6.88. The van der Waals surface area contributed by atoms with Gasteiger partial charge in [-0.25, -0.2) is 0 Å². The predicted molar refractivity (Wildman–Crippen MR) is 106 cm³/mol. The minimum absolute atomic E-state index is 0.137. The summed E-state index contributed by atoms with van der Waals surface area (Å²) in [5.74, 6) is 2.35. The first kappa shape index (κ1) is 17.5. The summed E-state index contributed by atoms with van der Waals surface area (Å²) in [6.45, 7) is 0. The van der Waals surface area contributed by atoms with Crippen molar-refractivity contribution in [2.75, 3.05) is 21.3 Å². The van der Waals surface area contributed by atoms with Gasteiger partial charge in [0.25, 0.3) is 0 Å². The SMILES string of the molecule is COc1ccc2c(C[C@@H]3CCC(=O)N3)cc3cc(OC)c(OC)cc3c2c1. The third-order valence-corrected chi connectivity index (χ3v) is 5.30. The van der Waals surface area contributed by atoms with E-state index >= 15 is 0 Å². The van der Waals surface area contributed by atoms with Gasteiger partial charge in [0.05, 0.1) is 21.3 Å². The highest BCUT2D eigenvalue weighted by atomic mass is 16.5. The van der Waals surface area contributed by atoms with Crippen molar-refractivity contribution in [1.82, 2.24) is 5.32 Å². The molecule has 0 unspecified atom stereocenters. The second-order valence-electron chi connectivity index (χ2n) is 6.88. The quantitative estimate of drug-likeness (QED) is 0.698. The molecule has 1 amide bonds. The first-order valence-corrected chi connectivity index (χ1v) is 9.07. The summed E-state index contributed by atoms with van der Waals surface area (Å²) in [6, 6.07) is 12.5. The Morgan fingerprint density at radius 3 is 2.37 bits per heavy atom. The summed E-state index contributed by atoms with van der Waals surface area (Å²) in [6.07, 6.45) is 2.29. The van der Waals surface area contributed by atoms with Gasteiger partial charge < -0.3 is 19.5 Å². The van der Waals surface area contributed by atoms with Crippen molar-refractivity contribution >= 4 is 27.5 Å². The topological polar surface area (TPSA) is 56.8 Å². The van der Waals surface area contributed by atoms with E-state index in [1.54, 1.807) is 21.3 Å². The molecule has 4 rings (SSSR count). The van der Waals surface area contributed by atoms with E-state index in [-0.39, 0.29) is 11.9 Å². The van der Waals surface area contributed by atoms with Crippen molar-refractivity contribution in [3.05, 3.63) is 42.0 Å². The lowest BCUT2D eigenvalue weighted by Gasteiger charge is -2.17. The van der Waals surface area contributed by atoms with Crippen LogP contribution >= 0.6 is 0 Å². The number of hydrogen-bond donors (Lipinski definition) is 1. The van der Waals surface area contributed by atoms with Gasteiger partial charge in [-0.05, 0) is 64.2 Å². The van der Waals surface area contributed by atoms with Crippen LogP contribution in [0, 0.1) is 0 Å². The van der Waals surface area contributed by atoms with Gasteiger partial charge in [-0.1, -0.05) is 12.1 Å². The summed E-state index contributed by atoms with van der Waals surface area (Å²) < 4.78 is 16.4. The number of benzene rings is 3. The van der Waals surface area contributed by atoms with E-state index in [2.05, 4.69) is 23.5 Å². The number of carbonyl (C=O) groups excluding carboxylic acids is 1. The van der Waals surface area contributed by atoms with Crippen LogP contribution in [-0.4, -0.2) is 33.3 Å². The molecule has 0 saturated carbocycles. The lowest BCUT2D eigenvalue weighted by atomic mass is 9.93. The minimum Gasteiger partial charge on any atom is -0.497 e. The summed E-state index contributed by atoms with van der Waals surface area (Å²) in [5, 5.41) is 7.50. The Morgan fingerprint density at radius 2 is 1.70 bits per heavy atom. The number of rotatable bonds is 5. The van der Waals surface area contributed by atoms with Crippen LogP contribution in [0.3, 0.4) is 0 Å². The average Bonchev–Trinajstić information content (AvgIpc) is 3.11. The number of ether oxygens (including phenoxy) is 3. The van der Waals surface area contributed by atoms with Gasteiger partial charge in [0.2, 0.25) is 5.91 Å². The number of hydrogen-bond acceptors (Lipinski definition) is 4. The Bertz CT molecular complexity index is 1030. The monoisotopic (exact) mass is 365 g/mol. The Morgan fingerprint density at radius 1 is 0.926 bits per heavy atom. The molecule has 27 heavy (non-hydrogen) atoms. The first-order chi connectivity index (χ1) is 13.1. The second kappa shape index (κ2) is 6.99. The molecule has 1 heterocycles. The molecule has 1 atom stereocenters. The molecule has 0 spiro atoms. The van der Waals surface area contributed by atoms with E-state index < -0.39 is 0 Å². The minimum atomic E-state index is 0.137. The fourth-order valence-corrected chi connectivity index (χ4v) is 3.93. The lowest BCUT2D eigenvalue weighted by Crippen LogP contribution is -2.27. The van der Waals surface area contributed by atoms with E-state index in [0.717, 1.165) is 40.1 Å². The van der Waals surface area contributed by atoms with Gasteiger partial charge >= 0.3 is 0 Å². The molecule has 0 bridgehead atoms. The third-order valence-electron chi connectivity index (χ3n) is 5.30. The lowest BCUT2D eigenvalue weighted by molar-refractivity contribution is -0.119. The van der Waals surface area contributed by atoms with E-state index in [0.29, 0.717) is 17.9 Å². The molecule has 1 aliphatic heterocycles. The van der Waals surface area contributed by atoms with Crippen molar-refractivity contribution in [1.29, 1.82) is 0 Å². The van der Waals surface area contributed by atoms with Crippen molar-refractivity contribution < 1.29 is 19.0 Å². The van der Waals surface area contributed by atoms with Gasteiger partial charge in [-0.3, -0.25) is 4.79 Å². The first-order valence-electron chi connectivity index (χ1n) is 9.07. The molecule has 1 N–H and O–H groups in total. The molecule has 3 aromatic rings. The van der Waals surface area contributed by atoms with Gasteiger partial charge in [-0.2, -0.15) is 0 Å². The van der Waals surface area contributed by atoms with E-state index in [1.165, 1.54) is 5.56 Å². The van der Waals surface area contributed by atoms with Gasteiger partial charge in [0, 0.05) is 12.5 Å². The van der Waals surface area contributed by atoms with Crippen molar-refractivity contribution in [3.8, 4) is 17.2 Å². The van der Waals surface area contributed by atoms with Crippen molar-refractivity contribution in [2.45, 2.75) is 25.3 Å². The summed E-state index contributed by atoms with van der Waals surface area (Å²) >= 11 is 0. The highest BCUT2D eigenvalue weighted by Gasteiger charge is 2.22. The zero-order valence-electron chi connectivity index (χ0n) is 15.8. The maximum absolute atomic E-state index is 11.6. The smallest absolute Gasteiger partial charge is 0.220 e. The molecule has 140 valence electrons. The van der Waals surface area contributed by atoms with Crippen LogP contribution in [0.2, 0.25) is 0 Å². The van der Waals surface area contributed by atoms with Crippen LogP contribution in [0.15, 0.2) is 36.4 Å². The molecular formula is C22H23NO4. The molecule has 0 aromatic heterocycles. The molecular weight excluding hydrogens is 342 g/mol. The standard InChI is InChI=1S/C22H23NO4/c1-25-16-5-6-17-13(9-15-4-7-22(24)23-15)8-14-10-20(26-2)21(27-3)12-18(14)19(17)11-16/h5-6,8,10-12,15H,4,7,9H2,1-3H3,(H,23,24)/t15-/m0/s1. The predicted octanol–water partition coefficient (Wildman–Crippen LogP) is 3.84. The molecule has 1 saturated heterocycles. The van der Waals surface area contributed by atoms with Crippen LogP contribution in [0.5, 0.6) is 17.2 Å². The summed E-state index contributed by atoms with van der Waals surface area (Å²) in [5.41, 5.74) is 1.21. The third kappa shape index (κ3) is 3.14. The zero-order valence-corrected chi connectivity index (χ0v) is 15.8. The maximum atomic E-state index is 11.6. The number of amides is 1. The van der Waals surface area contributed by atoms with Gasteiger partial charge in [0.15, 0.2) is 11.5 Å². The molecule has 1 fully saturated rings. The summed E-state index contributed by atoms with van der Waals surface area (Å²) in [4.78, 5) is 11.6. The molecule has 1 aliphatic rings. The Kier molecular flexibility index (Phi) is 4.52. The number of carbonyl (C=O) groups is 1. The number of methoxy groups -OCH3 is 3. The average molecular weight is 365 g/mol. The van der Waals surface area contributed by atoms with Crippen LogP contribution in [0.4, 0.5) is 0 Å². The number of fused-ring (bicyclic) bond motifs is 3. The van der Waals surface area contributed by atoms with Crippen molar-refractivity contribution in [3.63, 3.8) is 0 Å². The van der Waals surface area contributed by atoms with Gasteiger partial charge in [0.1, 0.15) is 5.75 Å². The Hall–Kier alpha value is -2.95. The zero-order chi connectivity index (χ0) is 19.0. The largest absolute Gasteiger partial charge is 0.497 e. The molecule has 0 radical (unpaired) electrons. The molecule has 5 heteroatoms. The van der Waals surface area contributed by atoms with E-state index in [4.69, 9.17) is 14.2 Å². The Balaban J connectivity index is 1.94. The highest BCUT2D eigenvalue weighted by molar-refractivity contribution is 6.10. The van der Waals surface area contributed by atoms with Crippen LogP contribution in [0.25, 0.3) is 21.5 Å². The van der Waals surface area contributed by atoms with E-state index in [1.807, 2.05) is 18.2 Å². The van der Waals surface area contributed by atoms with Crippen molar-refractivity contribution in [2.24, 2.45) is 0 Å². The van der Waals surface area contributed by atoms with Crippen LogP contribution < -0.4 is 19.5 Å². The van der Waals surface area contributed by atoms with Crippen LogP contribution in [-0.2, 0) is 11.2 Å². The van der Waals surface area contributed by atoms with Gasteiger partial charge in [-0.15, -0.1) is 0 Å². The molecule has 0 aliphatic carbocycles. The normalized spacial score (nSPS) is 16.6. The van der Waals surface area contributed by atoms with E-state index in [9.17, 15) is 4.79 Å².